The molecule has 0 spiro atoms. The first-order valence-corrected chi connectivity index (χ1v) is 11.2. The van der Waals surface area contributed by atoms with Crippen LogP contribution in [0.5, 0.6) is 5.75 Å². The molecular weight excluding hydrogens is 442 g/mol. The van der Waals surface area contributed by atoms with Gasteiger partial charge in [0.2, 0.25) is 5.91 Å². The normalized spacial score (nSPS) is 15.3. The predicted molar refractivity (Wildman–Crippen MR) is 121 cm³/mol. The van der Waals surface area contributed by atoms with Gasteiger partial charge < -0.3 is 14.4 Å². The van der Waals surface area contributed by atoms with E-state index >= 15 is 0 Å². The smallest absolute Gasteiger partial charge is 0.353 e. The van der Waals surface area contributed by atoms with Gasteiger partial charge in [-0.05, 0) is 41.3 Å². The Morgan fingerprint density at radius 1 is 0.970 bits per heavy atom. The number of ketones is 1. The Labute approximate surface area is 194 Å². The van der Waals surface area contributed by atoms with Gasteiger partial charge >= 0.3 is 11.9 Å². The number of carbonyl (C=O) groups excluding carboxylic acids is 4. The number of carbonyl (C=O) groups is 4. The lowest BCUT2D eigenvalue weighted by Gasteiger charge is -2.16. The zero-order chi connectivity index (χ0) is 23.2. The van der Waals surface area contributed by atoms with E-state index in [0.717, 1.165) is 5.56 Å². The second kappa shape index (κ2) is 10.2. The fourth-order valence-corrected chi connectivity index (χ4v) is 4.08. The van der Waals surface area contributed by atoms with Crippen molar-refractivity contribution >= 4 is 35.0 Å². The Morgan fingerprint density at radius 2 is 1.73 bits per heavy atom. The van der Waals surface area contributed by atoms with Crippen LogP contribution in [0.15, 0.2) is 72.1 Å². The summed E-state index contributed by atoms with van der Waals surface area (Å²) in [5.74, 6) is -1.80. The molecule has 2 heterocycles. The summed E-state index contributed by atoms with van der Waals surface area (Å²) >= 11 is 1.28. The van der Waals surface area contributed by atoms with Gasteiger partial charge in [0.05, 0.1) is 5.92 Å². The molecule has 3 aromatic rings. The number of Topliss-reactive ketones (excluding diaryl/α,β-unsaturated/α-hetero) is 1. The van der Waals surface area contributed by atoms with Crippen molar-refractivity contribution in [3.05, 3.63) is 88.1 Å². The summed E-state index contributed by atoms with van der Waals surface area (Å²) in [6.07, 6.45) is 0.0736. The Hall–Kier alpha value is -3.78. The van der Waals surface area contributed by atoms with E-state index in [4.69, 9.17) is 9.47 Å². The lowest BCUT2D eigenvalue weighted by atomic mass is 10.1. The van der Waals surface area contributed by atoms with Crippen LogP contribution >= 0.6 is 11.3 Å². The van der Waals surface area contributed by atoms with Gasteiger partial charge in [0, 0.05) is 25.1 Å². The molecule has 168 valence electrons. The van der Waals surface area contributed by atoms with Crippen molar-refractivity contribution in [1.29, 1.82) is 0 Å². The summed E-state index contributed by atoms with van der Waals surface area (Å²) in [4.78, 5) is 51.1. The number of hydrogen-bond acceptors (Lipinski definition) is 7. The van der Waals surface area contributed by atoms with Gasteiger partial charge in [-0.15, -0.1) is 11.3 Å². The van der Waals surface area contributed by atoms with Crippen molar-refractivity contribution in [2.24, 2.45) is 5.92 Å². The van der Waals surface area contributed by atoms with E-state index in [2.05, 4.69) is 0 Å². The number of hydrogen-bond donors (Lipinski definition) is 0. The SMILES string of the molecule is O=C(COC(=O)[C@H]1CC(=O)N(Cc2ccccc2)C1)c1ccc(OC(=O)c2cccs2)cc1. The topological polar surface area (TPSA) is 90.0 Å². The molecule has 1 aromatic heterocycles. The van der Waals surface area contributed by atoms with E-state index in [1.165, 1.54) is 35.6 Å². The van der Waals surface area contributed by atoms with Crippen LogP contribution in [-0.2, 0) is 20.9 Å². The third-order valence-electron chi connectivity index (χ3n) is 5.22. The molecule has 0 N–H and O–H groups in total. The number of rotatable bonds is 8. The fourth-order valence-electron chi connectivity index (χ4n) is 3.49. The largest absolute Gasteiger partial charge is 0.457 e. The Morgan fingerprint density at radius 3 is 2.42 bits per heavy atom. The van der Waals surface area contributed by atoms with E-state index in [-0.39, 0.29) is 24.7 Å². The lowest BCUT2D eigenvalue weighted by Crippen LogP contribution is -2.27. The van der Waals surface area contributed by atoms with Gasteiger partial charge in [-0.1, -0.05) is 36.4 Å². The van der Waals surface area contributed by atoms with E-state index in [9.17, 15) is 19.2 Å². The average molecular weight is 464 g/mol. The molecule has 0 bridgehead atoms. The number of ether oxygens (including phenoxy) is 2. The molecule has 0 radical (unpaired) electrons. The highest BCUT2D eigenvalue weighted by Crippen LogP contribution is 2.22. The minimum atomic E-state index is -0.590. The Balaban J connectivity index is 1.25. The van der Waals surface area contributed by atoms with Crippen LogP contribution in [-0.4, -0.2) is 41.7 Å². The molecule has 1 atom stereocenters. The molecule has 8 heteroatoms. The summed E-state index contributed by atoms with van der Waals surface area (Å²) in [5, 5.41) is 1.78. The highest BCUT2D eigenvalue weighted by Gasteiger charge is 2.35. The maximum Gasteiger partial charge on any atom is 0.353 e. The van der Waals surface area contributed by atoms with Crippen LogP contribution in [0.1, 0.15) is 32.0 Å². The van der Waals surface area contributed by atoms with Crippen molar-refractivity contribution in [2.75, 3.05) is 13.2 Å². The molecule has 0 aliphatic carbocycles. The van der Waals surface area contributed by atoms with Crippen molar-refractivity contribution in [2.45, 2.75) is 13.0 Å². The standard InChI is InChI=1S/C25H21NO6S/c27-21(18-8-10-20(11-9-18)32-25(30)22-7-4-12-33-22)16-31-24(29)19-13-23(28)26(15-19)14-17-5-2-1-3-6-17/h1-12,19H,13-16H2/t19-/m0/s1. The number of esters is 2. The van der Waals surface area contributed by atoms with Crippen LogP contribution < -0.4 is 4.74 Å². The van der Waals surface area contributed by atoms with Gasteiger partial charge in [0.25, 0.3) is 0 Å². The predicted octanol–water partition coefficient (Wildman–Crippen LogP) is 3.74. The van der Waals surface area contributed by atoms with Crippen LogP contribution in [0, 0.1) is 5.92 Å². The molecule has 33 heavy (non-hydrogen) atoms. The number of benzene rings is 2. The highest BCUT2D eigenvalue weighted by molar-refractivity contribution is 7.12. The summed E-state index contributed by atoms with van der Waals surface area (Å²) in [6, 6.07) is 19.0. The second-order valence-corrected chi connectivity index (χ2v) is 8.53. The minimum Gasteiger partial charge on any atom is -0.457 e. The highest BCUT2D eigenvalue weighted by atomic mass is 32.1. The van der Waals surface area contributed by atoms with E-state index < -0.39 is 24.5 Å². The molecule has 0 unspecified atom stereocenters. The third kappa shape index (κ3) is 5.72. The fraction of sp³-hybridized carbons (Fsp3) is 0.200. The second-order valence-electron chi connectivity index (χ2n) is 7.58. The van der Waals surface area contributed by atoms with E-state index in [1.54, 1.807) is 22.4 Å². The molecule has 1 fully saturated rings. The van der Waals surface area contributed by atoms with Crippen LogP contribution in [0.2, 0.25) is 0 Å². The molecule has 1 aliphatic rings. The Bertz CT molecular complexity index is 1140. The van der Waals surface area contributed by atoms with E-state index in [0.29, 0.717) is 22.7 Å². The summed E-state index contributed by atoms with van der Waals surface area (Å²) in [6.45, 7) is 0.285. The number of likely N-dealkylation sites (tertiary alicyclic amines) is 1. The maximum absolute atomic E-state index is 12.4. The van der Waals surface area contributed by atoms with Crippen molar-refractivity contribution < 1.29 is 28.7 Å². The summed E-state index contributed by atoms with van der Waals surface area (Å²) in [5.41, 5.74) is 1.31. The minimum absolute atomic E-state index is 0.0736. The van der Waals surface area contributed by atoms with Crippen LogP contribution in [0.4, 0.5) is 0 Å². The van der Waals surface area contributed by atoms with Crippen molar-refractivity contribution in [1.82, 2.24) is 4.90 Å². The monoisotopic (exact) mass is 463 g/mol. The van der Waals surface area contributed by atoms with Gasteiger partial charge in [-0.2, -0.15) is 0 Å². The van der Waals surface area contributed by atoms with Gasteiger partial charge in [-0.25, -0.2) is 4.79 Å². The van der Waals surface area contributed by atoms with Crippen molar-refractivity contribution in [3.63, 3.8) is 0 Å². The van der Waals surface area contributed by atoms with Gasteiger partial charge in [0.15, 0.2) is 12.4 Å². The quantitative estimate of drug-likeness (QED) is 0.287. The molecule has 1 amide bonds. The summed E-state index contributed by atoms with van der Waals surface area (Å²) in [7, 11) is 0. The lowest BCUT2D eigenvalue weighted by molar-refractivity contribution is -0.147. The maximum atomic E-state index is 12.4. The number of nitrogens with zero attached hydrogens (tertiary/aromatic N) is 1. The first kappa shape index (κ1) is 22.4. The van der Waals surface area contributed by atoms with Gasteiger partial charge in [0.1, 0.15) is 10.6 Å². The first-order valence-electron chi connectivity index (χ1n) is 10.4. The molecule has 4 rings (SSSR count). The molecular formula is C25H21NO6S. The zero-order valence-corrected chi connectivity index (χ0v) is 18.5. The molecule has 0 saturated carbocycles. The van der Waals surface area contributed by atoms with Crippen LogP contribution in [0.25, 0.3) is 0 Å². The van der Waals surface area contributed by atoms with E-state index in [1.807, 2.05) is 30.3 Å². The number of amides is 1. The average Bonchev–Trinajstić information content (AvgIpc) is 3.49. The van der Waals surface area contributed by atoms with Crippen molar-refractivity contribution in [3.8, 4) is 5.75 Å². The van der Waals surface area contributed by atoms with Crippen LogP contribution in [0.3, 0.4) is 0 Å². The summed E-state index contributed by atoms with van der Waals surface area (Å²) < 4.78 is 10.4. The Kier molecular flexibility index (Phi) is 6.95. The molecule has 2 aromatic carbocycles. The van der Waals surface area contributed by atoms with Gasteiger partial charge in [-0.3, -0.25) is 14.4 Å². The number of thiophene rings is 1. The molecule has 7 nitrogen and oxygen atoms in total. The third-order valence-corrected chi connectivity index (χ3v) is 6.07. The molecule has 1 saturated heterocycles. The zero-order valence-electron chi connectivity index (χ0n) is 17.6. The molecule has 1 aliphatic heterocycles. The first-order chi connectivity index (χ1) is 16.0.